The van der Waals surface area contributed by atoms with Crippen LogP contribution in [0.4, 0.5) is 5.69 Å². The fourth-order valence-corrected chi connectivity index (χ4v) is 3.84. The van der Waals surface area contributed by atoms with Gasteiger partial charge in [-0.05, 0) is 24.1 Å². The molecule has 0 radical (unpaired) electrons. The molecule has 1 aromatic carbocycles. The Morgan fingerprint density at radius 1 is 1.26 bits per heavy atom. The number of nitrogens with zero attached hydrogens (tertiary/aromatic N) is 2. The smallest absolute Gasteiger partial charge is 0.377 e. The third-order valence-corrected chi connectivity index (χ3v) is 5.30. The molecule has 1 aromatic rings. The van der Waals surface area contributed by atoms with Crippen LogP contribution in [-0.2, 0) is 19.2 Å². The molecule has 11 nitrogen and oxygen atoms in total. The van der Waals surface area contributed by atoms with Crippen molar-refractivity contribution in [2.45, 2.75) is 39.2 Å². The Morgan fingerprint density at radius 3 is 2.58 bits per heavy atom. The zero-order chi connectivity index (χ0) is 22.9. The van der Waals surface area contributed by atoms with Crippen LogP contribution in [0.2, 0.25) is 0 Å². The third kappa shape index (κ3) is 3.82. The van der Waals surface area contributed by atoms with Crippen LogP contribution in [0, 0.1) is 5.92 Å². The van der Waals surface area contributed by atoms with Crippen LogP contribution in [0.25, 0.3) is 0 Å². The van der Waals surface area contributed by atoms with Crippen molar-refractivity contribution in [1.29, 1.82) is 0 Å². The lowest BCUT2D eigenvalue weighted by atomic mass is 10.0. The van der Waals surface area contributed by atoms with Crippen molar-refractivity contribution in [2.75, 3.05) is 18.9 Å². The minimum atomic E-state index is -1.37. The summed E-state index contributed by atoms with van der Waals surface area (Å²) in [6.07, 6.45) is -0.241. The highest BCUT2D eigenvalue weighted by atomic mass is 16.7. The number of aliphatic hydroxyl groups is 1. The van der Waals surface area contributed by atoms with Crippen LogP contribution < -0.4 is 11.3 Å². The van der Waals surface area contributed by atoms with Crippen LogP contribution >= 0.6 is 0 Å². The van der Waals surface area contributed by atoms with Crippen molar-refractivity contribution in [3.8, 4) is 0 Å². The van der Waals surface area contributed by atoms with Crippen molar-refractivity contribution < 1.29 is 38.5 Å². The number of anilines is 1. The Morgan fingerprint density at radius 2 is 1.94 bits per heavy atom. The molecule has 0 saturated carbocycles. The number of carbonyl (C=O) groups excluding carboxylic acids is 5. The molecule has 2 aliphatic heterocycles. The van der Waals surface area contributed by atoms with Crippen LogP contribution in [0.5, 0.6) is 0 Å². The standard InChI is InChI=1S/C20H24N4O7/c1-11(2)9-17(27)31-22-24(15-5-6-16(26)23(7-8-25)18(15)28)19(29)13-4-3-12(21)10-14(13)20(24)30/h3-4,10-11,15,22,25H,5-9H2,1-2H3,(H-,21,29)/p+1/t15?,24-/m0/s1. The summed E-state index contributed by atoms with van der Waals surface area (Å²) in [6.45, 7) is 2.84. The normalized spacial score (nSPS) is 23.5. The molecule has 0 bridgehead atoms. The number of nitrogens with one attached hydrogen (secondary N) is 1. The van der Waals surface area contributed by atoms with Crippen molar-refractivity contribution in [2.24, 2.45) is 5.92 Å². The Bertz CT molecular complexity index is 961. The number of β-amino-alcohol motifs (C(OH)–C–C–N with tert-alkyl or cyclic N) is 1. The summed E-state index contributed by atoms with van der Waals surface area (Å²) < 4.78 is -1.32. The van der Waals surface area contributed by atoms with Gasteiger partial charge in [-0.1, -0.05) is 18.4 Å². The molecule has 0 aromatic heterocycles. The number of quaternary nitrogens is 1. The number of hydrogen-bond donors (Lipinski definition) is 3. The first kappa shape index (κ1) is 22.5. The van der Waals surface area contributed by atoms with Gasteiger partial charge in [-0.2, -0.15) is 0 Å². The first-order chi connectivity index (χ1) is 14.6. The second-order valence-electron chi connectivity index (χ2n) is 7.96. The molecule has 31 heavy (non-hydrogen) atoms. The molecule has 3 rings (SSSR count). The summed E-state index contributed by atoms with van der Waals surface area (Å²) in [5.74, 6) is -3.71. The highest BCUT2D eigenvalue weighted by Gasteiger charge is 2.64. The quantitative estimate of drug-likeness (QED) is 0.231. The van der Waals surface area contributed by atoms with Crippen molar-refractivity contribution in [3.05, 3.63) is 29.3 Å². The summed E-state index contributed by atoms with van der Waals surface area (Å²) in [5, 5.41) is 9.22. The molecule has 0 spiro atoms. The van der Waals surface area contributed by atoms with Gasteiger partial charge in [0, 0.05) is 30.5 Å². The Hall–Kier alpha value is -3.15. The zero-order valence-corrected chi connectivity index (χ0v) is 17.3. The van der Waals surface area contributed by atoms with E-state index in [0.29, 0.717) is 0 Å². The minimum Gasteiger partial charge on any atom is -0.399 e. The number of hydrogen-bond acceptors (Lipinski definition) is 9. The lowest BCUT2D eigenvalue weighted by Crippen LogP contribution is -2.72. The fraction of sp³-hybridized carbons (Fsp3) is 0.450. The number of amides is 4. The van der Waals surface area contributed by atoms with Crippen molar-refractivity contribution in [1.82, 2.24) is 10.5 Å². The molecule has 0 aliphatic carbocycles. The van der Waals surface area contributed by atoms with Gasteiger partial charge >= 0.3 is 17.8 Å². The number of benzene rings is 1. The molecule has 1 unspecified atom stereocenters. The van der Waals surface area contributed by atoms with Crippen LogP contribution in [0.15, 0.2) is 18.2 Å². The van der Waals surface area contributed by atoms with Crippen LogP contribution in [0.3, 0.4) is 0 Å². The molecular weight excluding hydrogens is 408 g/mol. The molecule has 2 heterocycles. The summed E-state index contributed by atoms with van der Waals surface area (Å²) >= 11 is 0. The average molecular weight is 433 g/mol. The predicted octanol–water partition coefficient (Wildman–Crippen LogP) is -0.102. The highest BCUT2D eigenvalue weighted by Crippen LogP contribution is 2.35. The summed E-state index contributed by atoms with van der Waals surface area (Å²) in [4.78, 5) is 70.2. The maximum absolute atomic E-state index is 13.4. The molecule has 4 amide bonds. The first-order valence-electron chi connectivity index (χ1n) is 9.93. The van der Waals surface area contributed by atoms with E-state index in [1.54, 1.807) is 13.8 Å². The maximum Gasteiger partial charge on any atom is 0.377 e. The number of imide groups is 2. The maximum atomic E-state index is 13.4. The van der Waals surface area contributed by atoms with E-state index in [0.717, 1.165) is 4.90 Å². The lowest BCUT2D eigenvalue weighted by Gasteiger charge is -2.38. The molecule has 1 fully saturated rings. The van der Waals surface area contributed by atoms with Crippen molar-refractivity contribution in [3.63, 3.8) is 0 Å². The SMILES string of the molecule is CC(C)CC(=O)ON[N@@+]1(C2CCC(=O)N(CCO)C2=O)C(=O)c2ccc(N)cc2C1=O. The van der Waals surface area contributed by atoms with Gasteiger partial charge in [0.25, 0.3) is 5.91 Å². The lowest BCUT2D eigenvalue weighted by molar-refractivity contribution is -0.858. The average Bonchev–Trinajstić information content (AvgIpc) is 2.91. The Kier molecular flexibility index (Phi) is 6.20. The van der Waals surface area contributed by atoms with Gasteiger partial charge < -0.3 is 15.7 Å². The van der Waals surface area contributed by atoms with E-state index in [1.807, 2.05) is 0 Å². The number of likely N-dealkylation sites (tertiary alicyclic amines) is 1. The third-order valence-electron chi connectivity index (χ3n) is 5.30. The molecule has 166 valence electrons. The van der Waals surface area contributed by atoms with Crippen LogP contribution in [-0.4, -0.2) is 63.4 Å². The van der Waals surface area contributed by atoms with E-state index >= 15 is 0 Å². The monoisotopic (exact) mass is 433 g/mol. The van der Waals surface area contributed by atoms with Gasteiger partial charge in [-0.25, -0.2) is 9.59 Å². The highest BCUT2D eigenvalue weighted by molar-refractivity contribution is 6.16. The van der Waals surface area contributed by atoms with Gasteiger partial charge in [-0.3, -0.25) is 19.3 Å². The predicted molar refractivity (Wildman–Crippen MR) is 105 cm³/mol. The van der Waals surface area contributed by atoms with E-state index in [-0.39, 0.29) is 48.5 Å². The number of carbonyl (C=O) groups is 5. The molecular formula is C20H25N4O7+. The second-order valence-corrected chi connectivity index (χ2v) is 7.96. The number of fused-ring (bicyclic) bond motifs is 1. The van der Waals surface area contributed by atoms with Crippen LogP contribution in [0.1, 0.15) is 53.8 Å². The Labute approximate surface area is 178 Å². The first-order valence-corrected chi connectivity index (χ1v) is 9.93. The number of aliphatic hydroxyl groups excluding tert-OH is 1. The van der Waals surface area contributed by atoms with Crippen molar-refractivity contribution >= 4 is 35.3 Å². The van der Waals surface area contributed by atoms with Gasteiger partial charge in [0.05, 0.1) is 18.7 Å². The second kappa shape index (κ2) is 8.53. The number of rotatable bonds is 7. The summed E-state index contributed by atoms with van der Waals surface area (Å²) in [6, 6.07) is 2.76. The largest absolute Gasteiger partial charge is 0.399 e. The topological polar surface area (TPSA) is 156 Å². The van der Waals surface area contributed by atoms with Gasteiger partial charge in [-0.15, -0.1) is 0 Å². The molecule has 4 N–H and O–H groups in total. The minimum absolute atomic E-state index is 0.0169. The van der Waals surface area contributed by atoms with E-state index < -0.39 is 46.8 Å². The summed E-state index contributed by atoms with van der Waals surface area (Å²) in [5.41, 5.74) is 8.28. The number of nitrogens with two attached hydrogens (primary N) is 1. The summed E-state index contributed by atoms with van der Waals surface area (Å²) in [7, 11) is 0. The van der Waals surface area contributed by atoms with E-state index in [1.165, 1.54) is 18.2 Å². The van der Waals surface area contributed by atoms with E-state index in [9.17, 15) is 29.1 Å². The number of piperidine rings is 1. The molecule has 1 saturated heterocycles. The van der Waals surface area contributed by atoms with Gasteiger partial charge in [0.15, 0.2) is 0 Å². The van der Waals surface area contributed by atoms with Gasteiger partial charge in [0.2, 0.25) is 11.9 Å². The zero-order valence-electron chi connectivity index (χ0n) is 17.3. The van der Waals surface area contributed by atoms with Gasteiger partial charge in [0.1, 0.15) is 5.56 Å². The molecule has 2 aliphatic rings. The molecule has 2 atom stereocenters. The van der Waals surface area contributed by atoms with E-state index in [4.69, 9.17) is 10.6 Å². The Balaban J connectivity index is 2.05. The van der Waals surface area contributed by atoms with E-state index in [2.05, 4.69) is 5.59 Å². The molecule has 11 heteroatoms. The number of nitrogen functional groups attached to an aromatic ring is 1. The fourth-order valence-electron chi connectivity index (χ4n) is 3.84.